The molecule has 2 nitrogen and oxygen atoms in total. The molecule has 1 aliphatic rings. The molecule has 1 atom stereocenters. The van der Waals surface area contributed by atoms with Crippen LogP contribution in [0.25, 0.3) is 0 Å². The first-order chi connectivity index (χ1) is 7.09. The second-order valence-electron chi connectivity index (χ2n) is 5.66. The van der Waals surface area contributed by atoms with Crippen LogP contribution in [0.1, 0.15) is 46.5 Å². The summed E-state index contributed by atoms with van der Waals surface area (Å²) in [5, 5.41) is 3.31. The highest BCUT2D eigenvalue weighted by atomic mass is 15.2. The van der Waals surface area contributed by atoms with Crippen molar-refractivity contribution in [2.24, 2.45) is 5.41 Å². The van der Waals surface area contributed by atoms with E-state index < -0.39 is 0 Å². The molecule has 90 valence electrons. The highest BCUT2D eigenvalue weighted by Gasteiger charge is 2.25. The lowest BCUT2D eigenvalue weighted by Gasteiger charge is -2.29. The van der Waals surface area contributed by atoms with Gasteiger partial charge in [-0.3, -0.25) is 4.90 Å². The molecule has 0 aliphatic carbocycles. The lowest BCUT2D eigenvalue weighted by Crippen LogP contribution is -2.38. The van der Waals surface area contributed by atoms with Crippen LogP contribution in [-0.2, 0) is 0 Å². The number of hydrogen-bond acceptors (Lipinski definition) is 2. The number of nitrogens with one attached hydrogen (secondary N) is 1. The van der Waals surface area contributed by atoms with Crippen molar-refractivity contribution in [3.05, 3.63) is 0 Å². The Labute approximate surface area is 95.4 Å². The standard InChI is InChI=1S/C13H28N2/c1-5-13(2,3)8-10-15-9-6-7-12(15)11-14-4/h12,14H,5-11H2,1-4H3. The summed E-state index contributed by atoms with van der Waals surface area (Å²) in [7, 11) is 2.06. The van der Waals surface area contributed by atoms with Gasteiger partial charge in [0.2, 0.25) is 0 Å². The first-order valence-electron chi connectivity index (χ1n) is 6.47. The summed E-state index contributed by atoms with van der Waals surface area (Å²) in [6.07, 6.45) is 5.40. The minimum Gasteiger partial charge on any atom is -0.318 e. The average Bonchev–Trinajstić information content (AvgIpc) is 2.64. The molecule has 0 spiro atoms. The van der Waals surface area contributed by atoms with Crippen LogP contribution in [-0.4, -0.2) is 37.6 Å². The molecular weight excluding hydrogens is 184 g/mol. The second kappa shape index (κ2) is 5.86. The normalized spacial score (nSPS) is 23.6. The Morgan fingerprint density at radius 2 is 2.13 bits per heavy atom. The van der Waals surface area contributed by atoms with E-state index in [0.717, 1.165) is 12.6 Å². The van der Waals surface area contributed by atoms with Crippen LogP contribution in [0.3, 0.4) is 0 Å². The molecule has 1 aliphatic heterocycles. The highest BCUT2D eigenvalue weighted by Crippen LogP contribution is 2.26. The van der Waals surface area contributed by atoms with E-state index in [1.165, 1.54) is 38.8 Å². The SMILES string of the molecule is CCC(C)(C)CCN1CCCC1CNC. The van der Waals surface area contributed by atoms with Crippen molar-refractivity contribution in [3.63, 3.8) is 0 Å². The molecule has 15 heavy (non-hydrogen) atoms. The Bertz CT molecular complexity index is 177. The molecule has 1 unspecified atom stereocenters. The van der Waals surface area contributed by atoms with Gasteiger partial charge in [0.05, 0.1) is 0 Å². The van der Waals surface area contributed by atoms with Crippen molar-refractivity contribution in [3.8, 4) is 0 Å². The highest BCUT2D eigenvalue weighted by molar-refractivity contribution is 4.81. The zero-order valence-electron chi connectivity index (χ0n) is 11.0. The second-order valence-corrected chi connectivity index (χ2v) is 5.66. The summed E-state index contributed by atoms with van der Waals surface area (Å²) in [6, 6.07) is 0.794. The largest absolute Gasteiger partial charge is 0.318 e. The molecule has 0 aromatic rings. The van der Waals surface area contributed by atoms with Crippen molar-refractivity contribution >= 4 is 0 Å². The third kappa shape index (κ3) is 4.12. The summed E-state index contributed by atoms with van der Waals surface area (Å²) in [4.78, 5) is 2.67. The van der Waals surface area contributed by atoms with E-state index in [1.807, 2.05) is 0 Å². The van der Waals surface area contributed by atoms with E-state index in [0.29, 0.717) is 5.41 Å². The fourth-order valence-electron chi connectivity index (χ4n) is 2.28. The molecule has 1 N–H and O–H groups in total. The summed E-state index contributed by atoms with van der Waals surface area (Å²) >= 11 is 0. The Morgan fingerprint density at radius 3 is 2.73 bits per heavy atom. The van der Waals surface area contributed by atoms with E-state index in [1.54, 1.807) is 0 Å². The summed E-state index contributed by atoms with van der Waals surface area (Å²) in [5.74, 6) is 0. The zero-order chi connectivity index (χ0) is 11.3. The molecule has 1 fully saturated rings. The number of hydrogen-bond donors (Lipinski definition) is 1. The maximum atomic E-state index is 3.31. The third-order valence-corrected chi connectivity index (χ3v) is 3.97. The van der Waals surface area contributed by atoms with E-state index in [2.05, 4.69) is 38.0 Å². The van der Waals surface area contributed by atoms with Crippen LogP contribution < -0.4 is 5.32 Å². The van der Waals surface area contributed by atoms with Crippen molar-refractivity contribution in [2.45, 2.75) is 52.5 Å². The van der Waals surface area contributed by atoms with Crippen LogP contribution >= 0.6 is 0 Å². The number of nitrogens with zero attached hydrogens (tertiary/aromatic N) is 1. The van der Waals surface area contributed by atoms with Crippen LogP contribution in [0.15, 0.2) is 0 Å². The molecular formula is C13H28N2. The summed E-state index contributed by atoms with van der Waals surface area (Å²) < 4.78 is 0. The van der Waals surface area contributed by atoms with E-state index in [9.17, 15) is 0 Å². The van der Waals surface area contributed by atoms with Gasteiger partial charge in [-0.05, 0) is 44.8 Å². The lowest BCUT2D eigenvalue weighted by atomic mass is 9.86. The molecule has 0 amide bonds. The summed E-state index contributed by atoms with van der Waals surface area (Å²) in [5.41, 5.74) is 0.521. The Balaban J connectivity index is 2.31. The Kier molecular flexibility index (Phi) is 5.07. The molecule has 1 saturated heterocycles. The van der Waals surface area contributed by atoms with Gasteiger partial charge in [-0.1, -0.05) is 27.2 Å². The molecule has 2 heteroatoms. The van der Waals surface area contributed by atoms with Gasteiger partial charge in [-0.15, -0.1) is 0 Å². The van der Waals surface area contributed by atoms with Crippen LogP contribution in [0.4, 0.5) is 0 Å². The van der Waals surface area contributed by atoms with Gasteiger partial charge in [0.25, 0.3) is 0 Å². The smallest absolute Gasteiger partial charge is 0.0220 e. The molecule has 0 aromatic carbocycles. The van der Waals surface area contributed by atoms with Crippen LogP contribution in [0, 0.1) is 5.41 Å². The molecule has 0 saturated carbocycles. The van der Waals surface area contributed by atoms with Crippen molar-refractivity contribution in [1.29, 1.82) is 0 Å². The molecule has 0 radical (unpaired) electrons. The maximum absolute atomic E-state index is 3.31. The maximum Gasteiger partial charge on any atom is 0.0220 e. The van der Waals surface area contributed by atoms with Crippen LogP contribution in [0.2, 0.25) is 0 Å². The van der Waals surface area contributed by atoms with Gasteiger partial charge in [0.15, 0.2) is 0 Å². The minimum absolute atomic E-state index is 0.521. The topological polar surface area (TPSA) is 15.3 Å². The van der Waals surface area contributed by atoms with Gasteiger partial charge >= 0.3 is 0 Å². The molecule has 0 bridgehead atoms. The lowest BCUT2D eigenvalue weighted by molar-refractivity contribution is 0.199. The van der Waals surface area contributed by atoms with Gasteiger partial charge < -0.3 is 5.32 Å². The fraction of sp³-hybridized carbons (Fsp3) is 1.00. The molecule has 1 rings (SSSR count). The number of likely N-dealkylation sites (N-methyl/N-ethyl adjacent to an activating group) is 1. The molecule has 1 heterocycles. The van der Waals surface area contributed by atoms with Gasteiger partial charge in [-0.2, -0.15) is 0 Å². The van der Waals surface area contributed by atoms with Gasteiger partial charge in [0, 0.05) is 12.6 Å². The zero-order valence-corrected chi connectivity index (χ0v) is 11.0. The van der Waals surface area contributed by atoms with Crippen molar-refractivity contribution < 1.29 is 0 Å². The van der Waals surface area contributed by atoms with Crippen LogP contribution in [0.5, 0.6) is 0 Å². The van der Waals surface area contributed by atoms with E-state index in [4.69, 9.17) is 0 Å². The molecule has 0 aromatic heterocycles. The average molecular weight is 212 g/mol. The van der Waals surface area contributed by atoms with E-state index in [-0.39, 0.29) is 0 Å². The Morgan fingerprint density at radius 1 is 1.40 bits per heavy atom. The predicted octanol–water partition coefficient (Wildman–Crippen LogP) is 2.50. The first-order valence-corrected chi connectivity index (χ1v) is 6.47. The van der Waals surface area contributed by atoms with E-state index >= 15 is 0 Å². The van der Waals surface area contributed by atoms with Gasteiger partial charge in [0.1, 0.15) is 0 Å². The third-order valence-electron chi connectivity index (χ3n) is 3.97. The number of rotatable bonds is 6. The minimum atomic E-state index is 0.521. The van der Waals surface area contributed by atoms with Crippen molar-refractivity contribution in [2.75, 3.05) is 26.7 Å². The quantitative estimate of drug-likeness (QED) is 0.728. The summed E-state index contributed by atoms with van der Waals surface area (Å²) in [6.45, 7) is 10.8. The Hall–Kier alpha value is -0.0800. The number of likely N-dealkylation sites (tertiary alicyclic amines) is 1. The van der Waals surface area contributed by atoms with Gasteiger partial charge in [-0.25, -0.2) is 0 Å². The first kappa shape index (κ1) is 13.0. The predicted molar refractivity (Wildman–Crippen MR) is 67.2 cm³/mol. The fourth-order valence-corrected chi connectivity index (χ4v) is 2.28. The monoisotopic (exact) mass is 212 g/mol. The van der Waals surface area contributed by atoms with Crippen molar-refractivity contribution in [1.82, 2.24) is 10.2 Å².